The molecule has 0 aromatic heterocycles. The number of carbonyl (C=O) groups excluding carboxylic acids is 1. The summed E-state index contributed by atoms with van der Waals surface area (Å²) < 4.78 is 28.2. The van der Waals surface area contributed by atoms with Gasteiger partial charge in [-0.2, -0.15) is 8.42 Å². The van der Waals surface area contributed by atoms with Gasteiger partial charge in [-0.15, -0.1) is 0 Å². The van der Waals surface area contributed by atoms with Crippen LogP contribution in [0.25, 0.3) is 0 Å². The first-order valence-corrected chi connectivity index (χ1v) is 8.49. The largest absolute Gasteiger partial charge is 0.506 e. The van der Waals surface area contributed by atoms with Crippen LogP contribution in [0.5, 0.6) is 5.75 Å². The molecule has 0 heterocycles. The van der Waals surface area contributed by atoms with Crippen molar-refractivity contribution in [2.45, 2.75) is 50.8 Å². The molecule has 0 aliphatic carbocycles. The Balaban J connectivity index is 2.45. The molecule has 1 N–H and O–H groups in total. The van der Waals surface area contributed by atoms with Crippen molar-refractivity contribution in [2.24, 2.45) is 5.92 Å². The minimum absolute atomic E-state index is 0.0604. The summed E-state index contributed by atoms with van der Waals surface area (Å²) in [6.45, 7) is 4.26. The van der Waals surface area contributed by atoms with E-state index in [1.54, 1.807) is 0 Å². The summed E-state index contributed by atoms with van der Waals surface area (Å²) in [4.78, 5) is 11.2. The standard InChI is InChI=1S/C15H22O5S/c1-12(2)8-4-3-5-11-15(17)20-21(18,19)14-10-7-6-9-13(14)16/h6-7,9-10,12,16H,3-5,8,11H2,1-2H3. The van der Waals surface area contributed by atoms with Gasteiger partial charge in [-0.25, -0.2) is 0 Å². The lowest BCUT2D eigenvalue weighted by Crippen LogP contribution is -2.13. The average Bonchev–Trinajstić information content (AvgIpc) is 2.37. The number of hydrogen-bond donors (Lipinski definition) is 1. The maximum absolute atomic E-state index is 11.8. The summed E-state index contributed by atoms with van der Waals surface area (Å²) in [7, 11) is -4.25. The molecule has 0 saturated carbocycles. The van der Waals surface area contributed by atoms with Crippen LogP contribution in [-0.2, 0) is 19.1 Å². The summed E-state index contributed by atoms with van der Waals surface area (Å²) in [6.07, 6.45) is 3.62. The Bertz CT molecular complexity index is 563. The molecule has 6 heteroatoms. The Morgan fingerprint density at radius 3 is 2.48 bits per heavy atom. The summed E-state index contributed by atoms with van der Waals surface area (Å²) in [6, 6.07) is 5.37. The third-order valence-corrected chi connectivity index (χ3v) is 4.29. The molecule has 5 nitrogen and oxygen atoms in total. The van der Waals surface area contributed by atoms with Crippen LogP contribution in [0, 0.1) is 5.92 Å². The maximum Gasteiger partial charge on any atom is 0.345 e. The summed E-state index contributed by atoms with van der Waals surface area (Å²) in [5.74, 6) is -0.594. The molecule has 21 heavy (non-hydrogen) atoms. The third kappa shape index (κ3) is 6.16. The van der Waals surface area contributed by atoms with Crippen LogP contribution in [0.2, 0.25) is 0 Å². The lowest BCUT2D eigenvalue weighted by Gasteiger charge is -2.07. The smallest absolute Gasteiger partial charge is 0.345 e. The lowest BCUT2D eigenvalue weighted by molar-refractivity contribution is -0.133. The first-order chi connectivity index (χ1) is 9.83. The van der Waals surface area contributed by atoms with Crippen LogP contribution in [0.4, 0.5) is 0 Å². The van der Waals surface area contributed by atoms with Gasteiger partial charge < -0.3 is 9.29 Å². The van der Waals surface area contributed by atoms with Crippen molar-refractivity contribution in [1.82, 2.24) is 0 Å². The zero-order valence-electron chi connectivity index (χ0n) is 12.4. The number of rotatable bonds is 8. The Morgan fingerprint density at radius 1 is 1.19 bits per heavy atom. The fraction of sp³-hybridized carbons (Fsp3) is 0.533. The number of phenolic OH excluding ortho intramolecular Hbond substituents is 1. The molecule has 0 fully saturated rings. The van der Waals surface area contributed by atoms with Crippen LogP contribution in [0.1, 0.15) is 46.0 Å². The molecule has 1 aromatic rings. The van der Waals surface area contributed by atoms with Gasteiger partial charge in [-0.3, -0.25) is 4.79 Å². The molecule has 0 amide bonds. The summed E-state index contributed by atoms with van der Waals surface area (Å²) in [5.41, 5.74) is 0. The number of phenols is 1. The van der Waals surface area contributed by atoms with Crippen LogP contribution in [-0.4, -0.2) is 19.5 Å². The molecule has 0 bridgehead atoms. The topological polar surface area (TPSA) is 80.7 Å². The van der Waals surface area contributed by atoms with E-state index in [9.17, 15) is 18.3 Å². The predicted molar refractivity (Wildman–Crippen MR) is 79.3 cm³/mol. The first kappa shape index (κ1) is 17.5. The second-order valence-electron chi connectivity index (χ2n) is 5.37. The second kappa shape index (κ2) is 8.02. The molecular weight excluding hydrogens is 292 g/mol. The van der Waals surface area contributed by atoms with Crippen molar-refractivity contribution in [3.05, 3.63) is 24.3 Å². The van der Waals surface area contributed by atoms with Crippen LogP contribution in [0.15, 0.2) is 29.2 Å². The van der Waals surface area contributed by atoms with Gasteiger partial charge in [-0.1, -0.05) is 45.2 Å². The van der Waals surface area contributed by atoms with Crippen molar-refractivity contribution in [1.29, 1.82) is 0 Å². The van der Waals surface area contributed by atoms with Crippen LogP contribution in [0.3, 0.4) is 0 Å². The van der Waals surface area contributed by atoms with E-state index in [2.05, 4.69) is 18.0 Å². The molecule has 118 valence electrons. The van der Waals surface area contributed by atoms with Crippen molar-refractivity contribution >= 4 is 16.1 Å². The number of unbranched alkanes of at least 4 members (excludes halogenated alkanes) is 2. The average molecular weight is 314 g/mol. The van der Waals surface area contributed by atoms with Gasteiger partial charge in [0.05, 0.1) is 0 Å². The van der Waals surface area contributed by atoms with Gasteiger partial charge in [0.25, 0.3) is 0 Å². The van der Waals surface area contributed by atoms with Crippen molar-refractivity contribution < 1.29 is 22.5 Å². The molecule has 0 aliphatic rings. The maximum atomic E-state index is 11.8. The Morgan fingerprint density at radius 2 is 1.86 bits per heavy atom. The molecule has 0 unspecified atom stereocenters. The molecule has 0 radical (unpaired) electrons. The number of carbonyl (C=O) groups is 1. The van der Waals surface area contributed by atoms with Gasteiger partial charge in [0.15, 0.2) is 0 Å². The zero-order valence-corrected chi connectivity index (χ0v) is 13.2. The van der Waals surface area contributed by atoms with E-state index >= 15 is 0 Å². The minimum Gasteiger partial charge on any atom is -0.506 e. The number of para-hydroxylation sites is 1. The highest BCUT2D eigenvalue weighted by Crippen LogP contribution is 2.23. The number of hydrogen-bond acceptors (Lipinski definition) is 5. The van der Waals surface area contributed by atoms with Gasteiger partial charge in [0, 0.05) is 6.42 Å². The van der Waals surface area contributed by atoms with Gasteiger partial charge in [0.2, 0.25) is 0 Å². The molecule has 0 saturated heterocycles. The minimum atomic E-state index is -4.25. The molecule has 0 aliphatic heterocycles. The van der Waals surface area contributed by atoms with Crippen LogP contribution < -0.4 is 0 Å². The quantitative estimate of drug-likeness (QED) is 0.588. The monoisotopic (exact) mass is 314 g/mol. The number of aromatic hydroxyl groups is 1. The van der Waals surface area contributed by atoms with E-state index in [4.69, 9.17) is 0 Å². The summed E-state index contributed by atoms with van der Waals surface area (Å²) >= 11 is 0. The molecule has 0 spiro atoms. The van der Waals surface area contributed by atoms with E-state index in [-0.39, 0.29) is 6.42 Å². The second-order valence-corrected chi connectivity index (χ2v) is 6.89. The molecule has 0 atom stereocenters. The third-order valence-electron chi connectivity index (χ3n) is 3.00. The van der Waals surface area contributed by atoms with E-state index in [1.807, 2.05) is 0 Å². The van der Waals surface area contributed by atoms with Gasteiger partial charge >= 0.3 is 16.1 Å². The first-order valence-electron chi connectivity index (χ1n) is 7.08. The van der Waals surface area contributed by atoms with E-state index < -0.39 is 26.7 Å². The lowest BCUT2D eigenvalue weighted by atomic mass is 10.0. The Hall–Kier alpha value is -1.56. The van der Waals surface area contributed by atoms with Crippen molar-refractivity contribution in [3.63, 3.8) is 0 Å². The zero-order chi connectivity index (χ0) is 15.9. The fourth-order valence-corrected chi connectivity index (χ4v) is 2.86. The van der Waals surface area contributed by atoms with Crippen molar-refractivity contribution in [3.8, 4) is 5.75 Å². The normalized spacial score (nSPS) is 11.6. The van der Waals surface area contributed by atoms with Gasteiger partial charge in [0.1, 0.15) is 10.6 Å². The van der Waals surface area contributed by atoms with E-state index in [0.717, 1.165) is 19.3 Å². The summed E-state index contributed by atoms with van der Waals surface area (Å²) in [5, 5.41) is 9.49. The fourth-order valence-electron chi connectivity index (χ4n) is 1.88. The van der Waals surface area contributed by atoms with Crippen LogP contribution >= 0.6 is 0 Å². The van der Waals surface area contributed by atoms with Gasteiger partial charge in [-0.05, 0) is 24.5 Å². The highest BCUT2D eigenvalue weighted by molar-refractivity contribution is 7.87. The Labute approximate surface area is 126 Å². The molecular formula is C15H22O5S. The molecule has 1 aromatic carbocycles. The van der Waals surface area contributed by atoms with Crippen molar-refractivity contribution in [2.75, 3.05) is 0 Å². The van der Waals surface area contributed by atoms with E-state index in [1.165, 1.54) is 24.3 Å². The number of benzene rings is 1. The predicted octanol–water partition coefficient (Wildman–Crippen LogP) is 3.23. The Kier molecular flexibility index (Phi) is 6.68. The SMILES string of the molecule is CC(C)CCCCCC(=O)OS(=O)(=O)c1ccccc1O. The highest BCUT2D eigenvalue weighted by atomic mass is 32.2. The highest BCUT2D eigenvalue weighted by Gasteiger charge is 2.23. The molecule has 1 rings (SSSR count). The van der Waals surface area contributed by atoms with E-state index in [0.29, 0.717) is 12.3 Å².